The van der Waals surface area contributed by atoms with Crippen LogP contribution in [0.15, 0.2) is 42.5 Å². The lowest BCUT2D eigenvalue weighted by atomic mass is 10.0. The van der Waals surface area contributed by atoms with Crippen molar-refractivity contribution in [1.82, 2.24) is 5.32 Å². The molecule has 3 aromatic rings. The first-order valence-corrected chi connectivity index (χ1v) is 7.21. The van der Waals surface area contributed by atoms with Gasteiger partial charge >= 0.3 is 0 Å². The molecule has 1 nitrogen and oxygen atoms in total. The van der Waals surface area contributed by atoms with Gasteiger partial charge in [-0.1, -0.05) is 0 Å². The van der Waals surface area contributed by atoms with Gasteiger partial charge in [-0.3, -0.25) is 0 Å². The van der Waals surface area contributed by atoms with Crippen LogP contribution in [0.3, 0.4) is 0 Å². The zero-order chi connectivity index (χ0) is 15.0. The van der Waals surface area contributed by atoms with Crippen LogP contribution in [0.1, 0.15) is 16.5 Å². The molecule has 1 N–H and O–H groups in total. The van der Waals surface area contributed by atoms with Crippen LogP contribution in [0.2, 0.25) is 0 Å². The predicted molar refractivity (Wildman–Crippen MR) is 79.0 cm³/mol. The highest BCUT2D eigenvalue weighted by atomic mass is 32.1. The van der Waals surface area contributed by atoms with Gasteiger partial charge in [-0.05, 0) is 54.4 Å². The molecule has 0 aliphatic heterocycles. The Kier molecular flexibility index (Phi) is 3.69. The highest BCUT2D eigenvalue weighted by Gasteiger charge is 2.17. The zero-order valence-electron chi connectivity index (χ0n) is 11.2. The molecule has 0 saturated heterocycles. The fourth-order valence-corrected chi connectivity index (χ4v) is 3.58. The highest BCUT2D eigenvalue weighted by molar-refractivity contribution is 7.19. The van der Waals surface area contributed by atoms with Crippen LogP contribution in [-0.4, -0.2) is 7.05 Å². The first-order chi connectivity index (χ1) is 10.1. The van der Waals surface area contributed by atoms with Crippen LogP contribution in [0.25, 0.3) is 10.1 Å². The molecular weight excluding hydrogens is 295 g/mol. The molecule has 1 heterocycles. The van der Waals surface area contributed by atoms with Gasteiger partial charge < -0.3 is 5.32 Å². The second-order valence-electron chi connectivity index (χ2n) is 4.76. The Morgan fingerprint density at radius 3 is 2.29 bits per heavy atom. The summed E-state index contributed by atoms with van der Waals surface area (Å²) in [7, 11) is 1.72. The Bertz CT molecular complexity index is 777. The van der Waals surface area contributed by atoms with E-state index < -0.39 is 11.6 Å². The lowest BCUT2D eigenvalue weighted by Crippen LogP contribution is -2.16. The third kappa shape index (κ3) is 2.80. The lowest BCUT2D eigenvalue weighted by Gasteiger charge is -2.15. The Hall–Kier alpha value is -1.85. The minimum Gasteiger partial charge on any atom is -0.309 e. The smallest absolute Gasteiger partial charge is 0.126 e. The van der Waals surface area contributed by atoms with Crippen molar-refractivity contribution < 1.29 is 13.2 Å². The first kappa shape index (κ1) is 14.1. The van der Waals surface area contributed by atoms with Gasteiger partial charge in [-0.15, -0.1) is 11.3 Å². The number of hydrogen-bond acceptors (Lipinski definition) is 2. The van der Waals surface area contributed by atoms with Gasteiger partial charge in [0.05, 0.1) is 6.04 Å². The van der Waals surface area contributed by atoms with Gasteiger partial charge in [0.25, 0.3) is 0 Å². The quantitative estimate of drug-likeness (QED) is 0.744. The van der Waals surface area contributed by atoms with Crippen molar-refractivity contribution in [2.45, 2.75) is 6.04 Å². The minimum absolute atomic E-state index is 0.301. The summed E-state index contributed by atoms with van der Waals surface area (Å²) in [5.41, 5.74) is 0.502. The van der Waals surface area contributed by atoms with E-state index in [2.05, 4.69) is 5.32 Å². The largest absolute Gasteiger partial charge is 0.309 e. The minimum atomic E-state index is -0.614. The molecule has 0 fully saturated rings. The molecule has 1 aromatic heterocycles. The third-order valence-electron chi connectivity index (χ3n) is 3.29. The van der Waals surface area contributed by atoms with Gasteiger partial charge in [0.15, 0.2) is 0 Å². The van der Waals surface area contributed by atoms with Gasteiger partial charge in [-0.25, -0.2) is 13.2 Å². The maximum atomic E-state index is 13.4. The first-order valence-electron chi connectivity index (χ1n) is 6.39. The summed E-state index contributed by atoms with van der Waals surface area (Å²) in [5.74, 6) is -1.53. The molecule has 0 bridgehead atoms. The van der Waals surface area contributed by atoms with E-state index in [1.54, 1.807) is 13.1 Å². The van der Waals surface area contributed by atoms with Crippen LogP contribution in [-0.2, 0) is 0 Å². The average molecular weight is 307 g/mol. The van der Waals surface area contributed by atoms with Crippen molar-refractivity contribution in [3.05, 3.63) is 70.4 Å². The summed E-state index contributed by atoms with van der Waals surface area (Å²) in [6.07, 6.45) is 0. The molecule has 1 atom stereocenters. The molecule has 0 radical (unpaired) electrons. The summed E-state index contributed by atoms with van der Waals surface area (Å²) in [4.78, 5) is 0.878. The molecule has 2 aromatic carbocycles. The number of halogens is 3. The number of rotatable bonds is 3. The SMILES string of the molecule is CNC(c1cc(F)cc(F)c1)c1cc2cc(F)ccc2s1. The van der Waals surface area contributed by atoms with E-state index in [1.807, 2.05) is 6.07 Å². The number of thiophene rings is 1. The predicted octanol–water partition coefficient (Wildman–Crippen LogP) is 4.63. The Morgan fingerprint density at radius 1 is 0.905 bits per heavy atom. The van der Waals surface area contributed by atoms with Crippen LogP contribution in [0.5, 0.6) is 0 Å². The molecule has 3 rings (SSSR count). The van der Waals surface area contributed by atoms with Crippen molar-refractivity contribution in [3.8, 4) is 0 Å². The standard InChI is InChI=1S/C16H12F3NS/c1-20-16(10-5-12(18)8-13(19)6-10)15-7-9-4-11(17)2-3-14(9)21-15/h2-8,16,20H,1H3. The van der Waals surface area contributed by atoms with Crippen LogP contribution in [0.4, 0.5) is 13.2 Å². The zero-order valence-corrected chi connectivity index (χ0v) is 12.0. The Morgan fingerprint density at radius 2 is 1.62 bits per heavy atom. The molecule has 0 spiro atoms. The number of benzene rings is 2. The second kappa shape index (κ2) is 5.50. The maximum absolute atomic E-state index is 13.4. The van der Waals surface area contributed by atoms with Gasteiger partial charge in [0.1, 0.15) is 17.5 Å². The molecule has 108 valence electrons. The molecule has 0 amide bonds. The molecule has 0 saturated carbocycles. The highest BCUT2D eigenvalue weighted by Crippen LogP contribution is 2.33. The lowest BCUT2D eigenvalue weighted by molar-refractivity contribution is 0.572. The van der Waals surface area contributed by atoms with E-state index in [9.17, 15) is 13.2 Å². The molecule has 1 unspecified atom stereocenters. The summed E-state index contributed by atoms with van der Waals surface area (Å²) >= 11 is 1.47. The van der Waals surface area contributed by atoms with Crippen LogP contribution < -0.4 is 5.32 Å². The van der Waals surface area contributed by atoms with Gasteiger partial charge in [0.2, 0.25) is 0 Å². The van der Waals surface area contributed by atoms with E-state index in [1.165, 1.54) is 35.6 Å². The molecule has 0 aliphatic carbocycles. The Labute approximate surface area is 124 Å². The molecular formula is C16H12F3NS. The third-order valence-corrected chi connectivity index (χ3v) is 4.47. The monoisotopic (exact) mass is 307 g/mol. The normalized spacial score (nSPS) is 12.8. The van der Waals surface area contributed by atoms with E-state index in [4.69, 9.17) is 0 Å². The van der Waals surface area contributed by atoms with Crippen molar-refractivity contribution in [2.75, 3.05) is 7.05 Å². The summed E-state index contributed by atoms with van der Waals surface area (Å²) in [6.45, 7) is 0. The maximum Gasteiger partial charge on any atom is 0.126 e. The van der Waals surface area contributed by atoms with E-state index in [0.717, 1.165) is 21.0 Å². The number of nitrogens with one attached hydrogen (secondary N) is 1. The average Bonchev–Trinajstić information content (AvgIpc) is 2.81. The molecule has 5 heteroatoms. The van der Waals surface area contributed by atoms with Crippen LogP contribution in [0, 0.1) is 17.5 Å². The van der Waals surface area contributed by atoms with Crippen molar-refractivity contribution in [1.29, 1.82) is 0 Å². The molecule has 21 heavy (non-hydrogen) atoms. The topological polar surface area (TPSA) is 12.0 Å². The van der Waals surface area contributed by atoms with E-state index in [0.29, 0.717) is 5.56 Å². The molecule has 0 aliphatic rings. The second-order valence-corrected chi connectivity index (χ2v) is 5.87. The summed E-state index contributed by atoms with van der Waals surface area (Å²) < 4.78 is 40.9. The van der Waals surface area contributed by atoms with Crippen molar-refractivity contribution >= 4 is 21.4 Å². The Balaban J connectivity index is 2.08. The summed E-state index contributed by atoms with van der Waals surface area (Å²) in [5, 5.41) is 3.83. The van der Waals surface area contributed by atoms with Crippen molar-refractivity contribution in [3.63, 3.8) is 0 Å². The van der Waals surface area contributed by atoms with E-state index in [-0.39, 0.29) is 11.9 Å². The van der Waals surface area contributed by atoms with Crippen molar-refractivity contribution in [2.24, 2.45) is 0 Å². The van der Waals surface area contributed by atoms with Crippen LogP contribution >= 0.6 is 11.3 Å². The summed E-state index contributed by atoms with van der Waals surface area (Å²) in [6, 6.07) is 9.51. The van der Waals surface area contributed by atoms with E-state index >= 15 is 0 Å². The van der Waals surface area contributed by atoms with Gasteiger partial charge in [-0.2, -0.15) is 0 Å². The fraction of sp³-hybridized carbons (Fsp3) is 0.125. The van der Waals surface area contributed by atoms with Gasteiger partial charge in [0, 0.05) is 15.6 Å². The number of hydrogen-bond donors (Lipinski definition) is 1. The number of fused-ring (bicyclic) bond motifs is 1. The fourth-order valence-electron chi connectivity index (χ4n) is 2.39.